The zero-order valence-electron chi connectivity index (χ0n) is 15.9. The first-order valence-electron chi connectivity index (χ1n) is 8.91. The Morgan fingerprint density at radius 2 is 2.17 bits per heavy atom. The summed E-state index contributed by atoms with van der Waals surface area (Å²) in [5, 5.41) is 13.1. The van der Waals surface area contributed by atoms with E-state index in [1.54, 1.807) is 24.4 Å². The molecule has 0 aliphatic heterocycles. The van der Waals surface area contributed by atoms with Crippen molar-refractivity contribution in [3.8, 4) is 11.1 Å². The van der Waals surface area contributed by atoms with Crippen molar-refractivity contribution in [2.75, 3.05) is 19.8 Å². The number of nitrogens with zero attached hydrogens (tertiary/aromatic N) is 3. The van der Waals surface area contributed by atoms with Crippen LogP contribution in [0.3, 0.4) is 0 Å². The Kier molecular flexibility index (Phi) is 6.35. The number of nitro benzene ring substituents is 1. The molecule has 0 unspecified atom stereocenters. The Hall–Kier alpha value is -3.11. The number of aromatic nitrogens is 2. The maximum atomic E-state index is 13.1. The number of nitro groups is 1. The SMILES string of the molecule is CCOCCOC(=O)[C@H](C)n1cnc2scc(-c3cccc([N+](=O)[O-])c3)c2c1=O. The second kappa shape index (κ2) is 8.93. The number of ether oxygens (including phenoxy) is 2. The predicted molar refractivity (Wildman–Crippen MR) is 108 cm³/mol. The van der Waals surface area contributed by atoms with Gasteiger partial charge in [0, 0.05) is 29.7 Å². The molecule has 1 atom stereocenters. The fraction of sp³-hybridized carbons (Fsp3) is 0.316. The summed E-state index contributed by atoms with van der Waals surface area (Å²) in [6.45, 7) is 4.29. The van der Waals surface area contributed by atoms with E-state index < -0.39 is 22.5 Å². The second-order valence-corrected chi connectivity index (χ2v) is 6.99. The van der Waals surface area contributed by atoms with Crippen LogP contribution in [0.2, 0.25) is 0 Å². The Balaban J connectivity index is 1.96. The number of rotatable bonds is 8. The van der Waals surface area contributed by atoms with Crippen LogP contribution < -0.4 is 5.56 Å². The summed E-state index contributed by atoms with van der Waals surface area (Å²) < 4.78 is 11.5. The lowest BCUT2D eigenvalue weighted by Gasteiger charge is -2.14. The average Bonchev–Trinajstić information content (AvgIpc) is 3.16. The number of esters is 1. The van der Waals surface area contributed by atoms with Crippen LogP contribution >= 0.6 is 11.3 Å². The molecule has 152 valence electrons. The van der Waals surface area contributed by atoms with Crippen molar-refractivity contribution < 1.29 is 19.2 Å². The van der Waals surface area contributed by atoms with E-state index in [2.05, 4.69) is 4.98 Å². The van der Waals surface area contributed by atoms with Crippen LogP contribution in [0.5, 0.6) is 0 Å². The van der Waals surface area contributed by atoms with Gasteiger partial charge in [-0.1, -0.05) is 12.1 Å². The molecular weight excluding hydrogens is 398 g/mol. The number of carbonyl (C=O) groups is 1. The lowest BCUT2D eigenvalue weighted by atomic mass is 10.1. The van der Waals surface area contributed by atoms with Crippen molar-refractivity contribution in [1.29, 1.82) is 0 Å². The molecule has 1 aromatic carbocycles. The van der Waals surface area contributed by atoms with Crippen LogP contribution in [0.15, 0.2) is 40.8 Å². The zero-order valence-corrected chi connectivity index (χ0v) is 16.7. The van der Waals surface area contributed by atoms with Crippen LogP contribution in [0.4, 0.5) is 5.69 Å². The molecule has 0 aliphatic rings. The summed E-state index contributed by atoms with van der Waals surface area (Å²) in [5.74, 6) is -0.569. The highest BCUT2D eigenvalue weighted by Crippen LogP contribution is 2.32. The third-order valence-electron chi connectivity index (χ3n) is 4.32. The van der Waals surface area contributed by atoms with Gasteiger partial charge in [0.05, 0.1) is 23.2 Å². The quantitative estimate of drug-likeness (QED) is 0.239. The van der Waals surface area contributed by atoms with Crippen molar-refractivity contribution in [2.24, 2.45) is 0 Å². The summed E-state index contributed by atoms with van der Waals surface area (Å²) in [5.41, 5.74) is 0.593. The Morgan fingerprint density at radius 3 is 2.90 bits per heavy atom. The van der Waals surface area contributed by atoms with Crippen molar-refractivity contribution >= 4 is 33.2 Å². The molecule has 0 spiro atoms. The van der Waals surface area contributed by atoms with Gasteiger partial charge in [-0.05, 0) is 19.4 Å². The molecule has 3 rings (SSSR count). The van der Waals surface area contributed by atoms with Crippen LogP contribution in [-0.2, 0) is 14.3 Å². The highest BCUT2D eigenvalue weighted by atomic mass is 32.1. The molecule has 10 heteroatoms. The fourth-order valence-corrected chi connectivity index (χ4v) is 3.71. The van der Waals surface area contributed by atoms with Gasteiger partial charge >= 0.3 is 5.97 Å². The van der Waals surface area contributed by atoms with Crippen LogP contribution in [0.25, 0.3) is 21.3 Å². The molecule has 0 fully saturated rings. The van der Waals surface area contributed by atoms with Gasteiger partial charge in [0.15, 0.2) is 0 Å². The first kappa shape index (κ1) is 20.6. The maximum absolute atomic E-state index is 13.1. The summed E-state index contributed by atoms with van der Waals surface area (Å²) in [7, 11) is 0. The number of non-ortho nitro benzene ring substituents is 1. The highest BCUT2D eigenvalue weighted by Gasteiger charge is 2.21. The van der Waals surface area contributed by atoms with Crippen molar-refractivity contribution in [3.63, 3.8) is 0 Å². The number of hydrogen-bond acceptors (Lipinski definition) is 8. The molecule has 9 nitrogen and oxygen atoms in total. The van der Waals surface area contributed by atoms with E-state index in [9.17, 15) is 19.7 Å². The second-order valence-electron chi connectivity index (χ2n) is 6.13. The molecule has 0 saturated heterocycles. The van der Waals surface area contributed by atoms with E-state index >= 15 is 0 Å². The van der Waals surface area contributed by atoms with Crippen LogP contribution in [0.1, 0.15) is 19.9 Å². The first-order valence-corrected chi connectivity index (χ1v) is 9.79. The van der Waals surface area contributed by atoms with Crippen molar-refractivity contribution in [2.45, 2.75) is 19.9 Å². The average molecular weight is 417 g/mol. The molecule has 0 amide bonds. The van der Waals surface area contributed by atoms with Crippen molar-refractivity contribution in [3.05, 3.63) is 56.4 Å². The maximum Gasteiger partial charge on any atom is 0.329 e. The topological polar surface area (TPSA) is 114 Å². The van der Waals surface area contributed by atoms with Gasteiger partial charge in [-0.3, -0.25) is 19.5 Å². The zero-order chi connectivity index (χ0) is 21.0. The van der Waals surface area contributed by atoms with Crippen LogP contribution in [-0.4, -0.2) is 40.3 Å². The smallest absolute Gasteiger partial charge is 0.329 e. The van der Waals surface area contributed by atoms with Crippen molar-refractivity contribution in [1.82, 2.24) is 9.55 Å². The van der Waals surface area contributed by atoms with E-state index in [0.29, 0.717) is 28.0 Å². The minimum Gasteiger partial charge on any atom is -0.462 e. The summed E-state index contributed by atoms with van der Waals surface area (Å²) in [6, 6.07) is 5.17. The lowest BCUT2D eigenvalue weighted by molar-refractivity contribution is -0.384. The third kappa shape index (κ3) is 4.33. The van der Waals surface area contributed by atoms with E-state index in [4.69, 9.17) is 9.47 Å². The highest BCUT2D eigenvalue weighted by molar-refractivity contribution is 7.17. The van der Waals surface area contributed by atoms with Crippen LogP contribution in [0, 0.1) is 10.1 Å². The van der Waals surface area contributed by atoms with Gasteiger partial charge in [-0.25, -0.2) is 9.78 Å². The largest absolute Gasteiger partial charge is 0.462 e. The lowest BCUT2D eigenvalue weighted by Crippen LogP contribution is -2.30. The molecule has 3 aromatic rings. The normalized spacial score (nSPS) is 12.1. The van der Waals surface area contributed by atoms with Gasteiger partial charge in [0.25, 0.3) is 11.2 Å². The summed E-state index contributed by atoms with van der Waals surface area (Å²) >= 11 is 1.26. The fourth-order valence-electron chi connectivity index (χ4n) is 2.80. The van der Waals surface area contributed by atoms with Gasteiger partial charge in [-0.2, -0.15) is 0 Å². The molecular formula is C19H19N3O6S. The Labute approximate surface area is 169 Å². The number of fused-ring (bicyclic) bond motifs is 1. The first-order chi connectivity index (χ1) is 13.9. The molecule has 29 heavy (non-hydrogen) atoms. The van der Waals surface area contributed by atoms with Gasteiger partial charge < -0.3 is 9.47 Å². The minimum absolute atomic E-state index is 0.0719. The third-order valence-corrected chi connectivity index (χ3v) is 5.21. The number of carbonyl (C=O) groups excluding carboxylic acids is 1. The molecule has 0 radical (unpaired) electrons. The van der Waals surface area contributed by atoms with E-state index in [1.807, 2.05) is 6.92 Å². The standard InChI is InChI=1S/C19H19N3O6S/c1-3-27-7-8-28-19(24)12(2)21-11-20-17-16(18(21)23)15(10-29-17)13-5-4-6-14(9-13)22(25)26/h4-6,9-12H,3,7-8H2,1-2H3/t12-/m0/s1. The number of hydrogen-bond donors (Lipinski definition) is 0. The van der Waals surface area contributed by atoms with E-state index in [1.165, 1.54) is 34.4 Å². The molecule has 0 bridgehead atoms. The Morgan fingerprint density at radius 1 is 1.38 bits per heavy atom. The van der Waals surface area contributed by atoms with Gasteiger partial charge in [0.2, 0.25) is 0 Å². The summed E-state index contributed by atoms with van der Waals surface area (Å²) in [4.78, 5) is 40.7. The van der Waals surface area contributed by atoms with E-state index in [0.717, 1.165) is 0 Å². The molecule has 2 heterocycles. The summed E-state index contributed by atoms with van der Waals surface area (Å²) in [6.07, 6.45) is 1.31. The number of thiophene rings is 1. The Bertz CT molecular complexity index is 1110. The minimum atomic E-state index is -0.876. The molecule has 2 aromatic heterocycles. The van der Waals surface area contributed by atoms with Gasteiger partial charge in [0.1, 0.15) is 17.5 Å². The van der Waals surface area contributed by atoms with E-state index in [-0.39, 0.29) is 18.9 Å². The molecule has 0 N–H and O–H groups in total. The molecule has 0 aliphatic carbocycles. The number of benzene rings is 1. The molecule has 0 saturated carbocycles. The predicted octanol–water partition coefficient (Wildman–Crippen LogP) is 3.17. The monoisotopic (exact) mass is 417 g/mol. The van der Waals surface area contributed by atoms with Gasteiger partial charge in [-0.15, -0.1) is 11.3 Å².